The molecule has 2 rings (SSSR count). The van der Waals surface area contributed by atoms with Gasteiger partial charge in [0.1, 0.15) is 0 Å². The molecule has 1 aromatic rings. The highest BCUT2D eigenvalue weighted by Crippen LogP contribution is 2.05. The minimum absolute atomic E-state index is 0. The van der Waals surface area contributed by atoms with E-state index in [0.717, 1.165) is 18.7 Å². The number of benzene rings is 1. The number of halogens is 1. The maximum absolute atomic E-state index is 11.8. The predicted octanol–water partition coefficient (Wildman–Crippen LogP) is -0.351. The standard InChI is InChI=1S/C14H15NO.ClH/c16-14(13-7-3-1-4-8-13)9-12-15-10-5-2-6-11-15;/h1-8,10H,9,11-12H2;1H/p-1. The molecule has 0 radical (unpaired) electrons. The Hall–Kier alpha value is -1.54. The van der Waals surface area contributed by atoms with Gasteiger partial charge < -0.3 is 17.3 Å². The molecule has 0 fully saturated rings. The summed E-state index contributed by atoms with van der Waals surface area (Å²) in [5.41, 5.74) is 0.805. The lowest BCUT2D eigenvalue weighted by Gasteiger charge is -2.19. The molecular formula is C14H15ClNO-. The van der Waals surface area contributed by atoms with Crippen molar-refractivity contribution < 1.29 is 17.2 Å². The third-order valence-corrected chi connectivity index (χ3v) is 2.61. The van der Waals surface area contributed by atoms with Crippen molar-refractivity contribution in [2.75, 3.05) is 13.1 Å². The van der Waals surface area contributed by atoms with Gasteiger partial charge in [0.15, 0.2) is 5.78 Å². The molecular weight excluding hydrogens is 234 g/mol. The molecule has 0 N–H and O–H groups in total. The summed E-state index contributed by atoms with van der Waals surface area (Å²) < 4.78 is 0. The number of nitrogens with zero attached hydrogens (tertiary/aromatic N) is 1. The smallest absolute Gasteiger partial charge is 0.164 e. The molecule has 1 aliphatic heterocycles. The van der Waals surface area contributed by atoms with Gasteiger partial charge in [-0.05, 0) is 12.3 Å². The lowest BCUT2D eigenvalue weighted by Crippen LogP contribution is -3.00. The highest BCUT2D eigenvalue weighted by molar-refractivity contribution is 5.96. The maximum atomic E-state index is 11.8. The topological polar surface area (TPSA) is 20.3 Å². The molecule has 0 amide bonds. The van der Waals surface area contributed by atoms with Crippen LogP contribution in [0.1, 0.15) is 16.8 Å². The molecule has 0 saturated carbocycles. The monoisotopic (exact) mass is 248 g/mol. The maximum Gasteiger partial charge on any atom is 0.164 e. The van der Waals surface area contributed by atoms with Crippen LogP contribution in [0.4, 0.5) is 0 Å². The Kier molecular flexibility index (Phi) is 5.50. The van der Waals surface area contributed by atoms with E-state index in [-0.39, 0.29) is 18.2 Å². The van der Waals surface area contributed by atoms with E-state index in [0.29, 0.717) is 6.42 Å². The number of ketones is 1. The van der Waals surface area contributed by atoms with Crippen molar-refractivity contribution in [1.29, 1.82) is 0 Å². The fraction of sp³-hybridized carbons (Fsp3) is 0.214. The molecule has 0 saturated heterocycles. The number of rotatable bonds is 4. The third kappa shape index (κ3) is 4.08. The normalized spacial score (nSPS) is 13.3. The summed E-state index contributed by atoms with van der Waals surface area (Å²) >= 11 is 0. The highest BCUT2D eigenvalue weighted by Gasteiger charge is 2.07. The van der Waals surface area contributed by atoms with E-state index >= 15 is 0 Å². The Labute approximate surface area is 108 Å². The first-order valence-corrected chi connectivity index (χ1v) is 5.52. The summed E-state index contributed by atoms with van der Waals surface area (Å²) in [5.74, 6) is 0.212. The minimum Gasteiger partial charge on any atom is -1.00 e. The van der Waals surface area contributed by atoms with E-state index in [9.17, 15) is 4.79 Å². The molecule has 2 nitrogen and oxygen atoms in total. The average molecular weight is 249 g/mol. The van der Waals surface area contributed by atoms with Gasteiger partial charge in [-0.3, -0.25) is 4.79 Å². The van der Waals surface area contributed by atoms with Crippen LogP contribution in [0.25, 0.3) is 0 Å². The summed E-state index contributed by atoms with van der Waals surface area (Å²) in [4.78, 5) is 14.0. The second-order valence-electron chi connectivity index (χ2n) is 3.80. The summed E-state index contributed by atoms with van der Waals surface area (Å²) in [6.45, 7) is 1.69. The Morgan fingerprint density at radius 3 is 2.59 bits per heavy atom. The first kappa shape index (κ1) is 13.5. The van der Waals surface area contributed by atoms with Crippen LogP contribution in [0.3, 0.4) is 0 Å². The highest BCUT2D eigenvalue weighted by atomic mass is 35.5. The van der Waals surface area contributed by atoms with E-state index in [1.165, 1.54) is 0 Å². The zero-order valence-electron chi connectivity index (χ0n) is 9.55. The first-order valence-electron chi connectivity index (χ1n) is 5.52. The van der Waals surface area contributed by atoms with E-state index in [2.05, 4.69) is 11.0 Å². The van der Waals surface area contributed by atoms with E-state index < -0.39 is 0 Å². The minimum atomic E-state index is 0. The van der Waals surface area contributed by atoms with E-state index in [1.807, 2.05) is 48.7 Å². The van der Waals surface area contributed by atoms with Gasteiger partial charge in [0.05, 0.1) is 0 Å². The van der Waals surface area contributed by atoms with Crippen molar-refractivity contribution in [3.63, 3.8) is 0 Å². The number of hydrogen-bond donors (Lipinski definition) is 0. The van der Waals surface area contributed by atoms with Gasteiger partial charge >= 0.3 is 0 Å². The average Bonchev–Trinajstić information content (AvgIpc) is 2.38. The van der Waals surface area contributed by atoms with Crippen molar-refractivity contribution in [1.82, 2.24) is 4.90 Å². The fourth-order valence-electron chi connectivity index (χ4n) is 1.69. The quantitative estimate of drug-likeness (QED) is 0.679. The SMILES string of the molecule is O=C(CCN1C=CC=CC1)c1ccccc1.[Cl-]. The molecule has 0 bridgehead atoms. The van der Waals surface area contributed by atoms with Crippen LogP contribution < -0.4 is 12.4 Å². The largest absolute Gasteiger partial charge is 1.00 e. The molecule has 17 heavy (non-hydrogen) atoms. The van der Waals surface area contributed by atoms with Crippen LogP contribution in [-0.2, 0) is 0 Å². The molecule has 0 unspecified atom stereocenters. The zero-order valence-corrected chi connectivity index (χ0v) is 10.3. The van der Waals surface area contributed by atoms with Gasteiger partial charge in [-0.15, -0.1) is 0 Å². The van der Waals surface area contributed by atoms with Gasteiger partial charge in [0.25, 0.3) is 0 Å². The molecule has 90 valence electrons. The molecule has 0 aliphatic carbocycles. The Morgan fingerprint density at radius 1 is 1.18 bits per heavy atom. The number of hydrogen-bond acceptors (Lipinski definition) is 2. The van der Waals surface area contributed by atoms with Gasteiger partial charge in [0, 0.05) is 25.1 Å². The number of allylic oxidation sites excluding steroid dienone is 2. The number of carbonyl (C=O) groups excluding carboxylic acids is 1. The van der Waals surface area contributed by atoms with Gasteiger partial charge in [-0.1, -0.05) is 42.5 Å². The Bertz CT molecular complexity index is 411. The van der Waals surface area contributed by atoms with E-state index in [1.54, 1.807) is 0 Å². The van der Waals surface area contributed by atoms with Gasteiger partial charge in [0.2, 0.25) is 0 Å². The van der Waals surface area contributed by atoms with Crippen LogP contribution in [0, 0.1) is 0 Å². The van der Waals surface area contributed by atoms with Crippen LogP contribution in [-0.4, -0.2) is 23.8 Å². The van der Waals surface area contributed by atoms with Crippen LogP contribution >= 0.6 is 0 Å². The summed E-state index contributed by atoms with van der Waals surface area (Å²) in [6, 6.07) is 9.46. The molecule has 0 spiro atoms. The zero-order chi connectivity index (χ0) is 11.2. The first-order chi connectivity index (χ1) is 7.86. The molecule has 0 aromatic heterocycles. The van der Waals surface area contributed by atoms with Crippen molar-refractivity contribution in [2.24, 2.45) is 0 Å². The Morgan fingerprint density at radius 2 is 1.94 bits per heavy atom. The summed E-state index contributed by atoms with van der Waals surface area (Å²) in [7, 11) is 0. The van der Waals surface area contributed by atoms with Crippen LogP contribution in [0.5, 0.6) is 0 Å². The molecule has 0 atom stereocenters. The Balaban J connectivity index is 0.00000144. The summed E-state index contributed by atoms with van der Waals surface area (Å²) in [6.07, 6.45) is 8.71. The second kappa shape index (κ2) is 6.92. The second-order valence-corrected chi connectivity index (χ2v) is 3.80. The van der Waals surface area contributed by atoms with Crippen molar-refractivity contribution in [3.05, 3.63) is 60.3 Å². The van der Waals surface area contributed by atoms with Crippen LogP contribution in [0.15, 0.2) is 54.8 Å². The number of Topliss-reactive ketones (excluding diaryl/α,β-unsaturated/α-hetero) is 1. The third-order valence-electron chi connectivity index (χ3n) is 2.61. The van der Waals surface area contributed by atoms with Crippen molar-refractivity contribution >= 4 is 5.78 Å². The van der Waals surface area contributed by atoms with Crippen molar-refractivity contribution in [3.8, 4) is 0 Å². The van der Waals surface area contributed by atoms with Gasteiger partial charge in [-0.2, -0.15) is 0 Å². The lowest BCUT2D eigenvalue weighted by atomic mass is 10.1. The van der Waals surface area contributed by atoms with E-state index in [4.69, 9.17) is 0 Å². The predicted molar refractivity (Wildman–Crippen MR) is 65.2 cm³/mol. The molecule has 3 heteroatoms. The van der Waals surface area contributed by atoms with Crippen molar-refractivity contribution in [2.45, 2.75) is 6.42 Å². The molecule has 1 heterocycles. The van der Waals surface area contributed by atoms with Crippen LogP contribution in [0.2, 0.25) is 0 Å². The van der Waals surface area contributed by atoms with Gasteiger partial charge in [-0.25, -0.2) is 0 Å². The fourth-order valence-corrected chi connectivity index (χ4v) is 1.69. The number of carbonyl (C=O) groups is 1. The summed E-state index contributed by atoms with van der Waals surface area (Å²) in [5, 5.41) is 0. The molecule has 1 aliphatic rings. The lowest BCUT2D eigenvalue weighted by molar-refractivity contribution is -0.0000112. The molecule has 1 aromatic carbocycles.